The molecule has 8 nitrogen and oxygen atoms in total. The zero-order chi connectivity index (χ0) is 21.3. The summed E-state index contributed by atoms with van der Waals surface area (Å²) < 4.78 is 19.3. The fourth-order valence-electron chi connectivity index (χ4n) is 2.95. The minimum Gasteiger partial charge on any atom is -0.493 e. The van der Waals surface area contributed by atoms with Gasteiger partial charge in [-0.15, -0.1) is 11.3 Å². The predicted molar refractivity (Wildman–Crippen MR) is 117 cm³/mol. The molecular weight excluding hydrogens is 472 g/mol. The van der Waals surface area contributed by atoms with Gasteiger partial charge in [0.15, 0.2) is 11.5 Å². The third-order valence-corrected chi connectivity index (χ3v) is 6.28. The van der Waals surface area contributed by atoms with Gasteiger partial charge in [0.1, 0.15) is 28.6 Å². The lowest BCUT2D eigenvalue weighted by Crippen LogP contribution is -2.10. The van der Waals surface area contributed by atoms with Crippen LogP contribution >= 0.6 is 27.3 Å². The van der Waals surface area contributed by atoms with E-state index in [-0.39, 0.29) is 6.61 Å². The molecule has 3 heterocycles. The first-order valence-corrected chi connectivity index (χ1v) is 10.4. The van der Waals surface area contributed by atoms with E-state index in [1.165, 1.54) is 11.3 Å². The second-order valence-corrected chi connectivity index (χ2v) is 8.09. The Bertz CT molecular complexity index is 1240. The van der Waals surface area contributed by atoms with Crippen LogP contribution in [0.25, 0.3) is 16.0 Å². The normalized spacial score (nSPS) is 10.9. The second-order valence-electron chi connectivity index (χ2n) is 6.21. The van der Waals surface area contributed by atoms with Crippen LogP contribution < -0.4 is 19.9 Å². The van der Waals surface area contributed by atoms with Crippen LogP contribution in [0.4, 0.5) is 0 Å². The predicted octanol–water partition coefficient (Wildman–Crippen LogP) is 3.94. The number of benzene rings is 1. The number of hydrogen-bond acceptors (Lipinski definition) is 7. The molecule has 0 aliphatic heterocycles. The van der Waals surface area contributed by atoms with E-state index in [0.717, 1.165) is 26.1 Å². The fraction of sp³-hybridized carbons (Fsp3) is 0.150. The third-order valence-electron chi connectivity index (χ3n) is 4.44. The number of methoxy groups -OCH3 is 2. The molecule has 10 heteroatoms. The van der Waals surface area contributed by atoms with Gasteiger partial charge in [-0.3, -0.25) is 14.3 Å². The van der Waals surface area contributed by atoms with Crippen LogP contribution in [0.15, 0.2) is 47.5 Å². The molecule has 0 bridgehead atoms. The number of nitrogens with two attached hydrogens (primary N) is 1. The van der Waals surface area contributed by atoms with Gasteiger partial charge in [0.2, 0.25) is 0 Å². The number of carbonyl (C=O) groups excluding carboxylic acids is 1. The van der Waals surface area contributed by atoms with E-state index in [1.54, 1.807) is 45.1 Å². The summed E-state index contributed by atoms with van der Waals surface area (Å²) in [7, 11) is 3.15. The maximum atomic E-state index is 12.0. The van der Waals surface area contributed by atoms with Gasteiger partial charge >= 0.3 is 0 Å². The average Bonchev–Trinajstić information content (AvgIpc) is 3.35. The van der Waals surface area contributed by atoms with Crippen molar-refractivity contribution in [3.05, 3.63) is 57.9 Å². The quantitative estimate of drug-likeness (QED) is 0.422. The van der Waals surface area contributed by atoms with E-state index >= 15 is 0 Å². The maximum absolute atomic E-state index is 12.0. The van der Waals surface area contributed by atoms with E-state index in [2.05, 4.69) is 25.9 Å². The molecule has 0 fully saturated rings. The number of primary amides is 1. The van der Waals surface area contributed by atoms with E-state index in [4.69, 9.17) is 19.9 Å². The number of imidazole rings is 1. The Balaban J connectivity index is 1.72. The maximum Gasteiger partial charge on any atom is 0.262 e. The Kier molecular flexibility index (Phi) is 5.60. The highest BCUT2D eigenvalue weighted by atomic mass is 79.9. The van der Waals surface area contributed by atoms with Crippen LogP contribution in [0.2, 0.25) is 0 Å². The first kappa shape index (κ1) is 20.2. The number of carbonyl (C=O) groups is 1. The molecular formula is C20H17BrN4O4S. The van der Waals surface area contributed by atoms with Crippen molar-refractivity contribution in [2.45, 2.75) is 6.61 Å². The van der Waals surface area contributed by atoms with Crippen LogP contribution in [-0.2, 0) is 6.61 Å². The summed E-state index contributed by atoms with van der Waals surface area (Å²) in [5.74, 6) is 1.02. The summed E-state index contributed by atoms with van der Waals surface area (Å²) in [6.45, 7) is 0.259. The molecule has 1 amide bonds. The minimum absolute atomic E-state index is 0.259. The molecule has 0 aliphatic rings. The zero-order valence-corrected chi connectivity index (χ0v) is 18.5. The third kappa shape index (κ3) is 3.71. The molecule has 0 aliphatic carbocycles. The topological polar surface area (TPSA) is 101 Å². The van der Waals surface area contributed by atoms with Gasteiger partial charge in [0.25, 0.3) is 5.91 Å². The van der Waals surface area contributed by atoms with Crippen molar-refractivity contribution in [3.63, 3.8) is 0 Å². The molecule has 0 radical (unpaired) electrons. The van der Waals surface area contributed by atoms with Gasteiger partial charge in [-0.1, -0.05) is 0 Å². The Morgan fingerprint density at radius 2 is 1.97 bits per heavy atom. The van der Waals surface area contributed by atoms with Crippen LogP contribution in [-0.4, -0.2) is 34.7 Å². The summed E-state index contributed by atoms with van der Waals surface area (Å²) in [5, 5.41) is 0.738. The molecule has 2 N–H and O–H groups in total. The van der Waals surface area contributed by atoms with E-state index in [0.29, 0.717) is 22.1 Å². The van der Waals surface area contributed by atoms with Crippen molar-refractivity contribution in [1.82, 2.24) is 14.5 Å². The van der Waals surface area contributed by atoms with Gasteiger partial charge in [-0.05, 0) is 22.0 Å². The molecule has 4 aromatic rings. The Labute approximate surface area is 184 Å². The van der Waals surface area contributed by atoms with Crippen LogP contribution in [0, 0.1) is 0 Å². The number of fused-ring (bicyclic) bond motifs is 1. The molecule has 3 aromatic heterocycles. The number of hydrogen-bond donors (Lipinski definition) is 1. The van der Waals surface area contributed by atoms with E-state index in [9.17, 15) is 4.79 Å². The van der Waals surface area contributed by atoms with Crippen LogP contribution in [0.1, 0.15) is 15.2 Å². The van der Waals surface area contributed by atoms with Crippen molar-refractivity contribution in [2.75, 3.05) is 14.2 Å². The molecule has 30 heavy (non-hydrogen) atoms. The number of thiophene rings is 1. The first-order chi connectivity index (χ1) is 14.5. The molecule has 0 saturated carbocycles. The fourth-order valence-corrected chi connectivity index (χ4v) is 4.25. The lowest BCUT2D eigenvalue weighted by atomic mass is 10.2. The summed E-state index contributed by atoms with van der Waals surface area (Å²) in [6.07, 6.45) is 5.03. The van der Waals surface area contributed by atoms with Gasteiger partial charge < -0.3 is 19.9 Å². The highest BCUT2D eigenvalue weighted by Gasteiger charge is 2.19. The summed E-state index contributed by atoms with van der Waals surface area (Å²) in [4.78, 5) is 20.8. The lowest BCUT2D eigenvalue weighted by molar-refractivity contribution is 0.1000. The second kappa shape index (κ2) is 8.33. The molecule has 0 unspecified atom stereocenters. The minimum atomic E-state index is -0.557. The monoisotopic (exact) mass is 488 g/mol. The Morgan fingerprint density at radius 3 is 2.67 bits per heavy atom. The van der Waals surface area contributed by atoms with E-state index < -0.39 is 5.91 Å². The standard InChI is InChI=1S/C20H17BrN4O4S/c1-27-15-5-13-14(6-16(15)28-2)25(10-24-13)18-7-17(19(30-18)20(22)26)29-9-11-3-4-23-8-12(11)21/h3-8,10H,9H2,1-2H3,(H2,22,26). The van der Waals surface area contributed by atoms with Crippen LogP contribution in [0.3, 0.4) is 0 Å². The number of ether oxygens (including phenoxy) is 3. The number of rotatable bonds is 7. The average molecular weight is 489 g/mol. The number of aromatic nitrogens is 3. The van der Waals surface area contributed by atoms with Gasteiger partial charge in [0.05, 0.1) is 25.3 Å². The first-order valence-electron chi connectivity index (χ1n) is 8.76. The van der Waals surface area contributed by atoms with Gasteiger partial charge in [-0.25, -0.2) is 4.98 Å². The number of pyridine rings is 1. The highest BCUT2D eigenvalue weighted by molar-refractivity contribution is 9.10. The van der Waals surface area contributed by atoms with Gasteiger partial charge in [-0.2, -0.15) is 0 Å². The number of nitrogens with zero attached hydrogens (tertiary/aromatic N) is 3. The van der Waals surface area contributed by atoms with Crippen molar-refractivity contribution in [3.8, 4) is 22.2 Å². The lowest BCUT2D eigenvalue weighted by Gasteiger charge is -2.08. The number of amides is 1. The highest BCUT2D eigenvalue weighted by Crippen LogP contribution is 2.37. The molecule has 0 saturated heterocycles. The molecule has 0 spiro atoms. The molecule has 4 rings (SSSR count). The van der Waals surface area contributed by atoms with E-state index in [1.807, 2.05) is 16.7 Å². The summed E-state index contributed by atoms with van der Waals surface area (Å²) in [5.41, 5.74) is 8.01. The SMILES string of the molecule is COc1cc2ncn(-c3cc(OCc4ccncc4Br)c(C(N)=O)s3)c2cc1OC. The van der Waals surface area contributed by atoms with Crippen molar-refractivity contribution >= 4 is 44.2 Å². The molecule has 1 aromatic carbocycles. The summed E-state index contributed by atoms with van der Waals surface area (Å²) in [6, 6.07) is 7.24. The smallest absolute Gasteiger partial charge is 0.262 e. The largest absolute Gasteiger partial charge is 0.493 e. The Morgan fingerprint density at radius 1 is 1.20 bits per heavy atom. The van der Waals surface area contributed by atoms with Crippen molar-refractivity contribution < 1.29 is 19.0 Å². The van der Waals surface area contributed by atoms with Crippen molar-refractivity contribution in [1.29, 1.82) is 0 Å². The number of halogens is 1. The summed E-state index contributed by atoms with van der Waals surface area (Å²) >= 11 is 4.67. The van der Waals surface area contributed by atoms with Crippen molar-refractivity contribution in [2.24, 2.45) is 5.73 Å². The molecule has 154 valence electrons. The van der Waals surface area contributed by atoms with Crippen LogP contribution in [0.5, 0.6) is 17.2 Å². The zero-order valence-electron chi connectivity index (χ0n) is 16.1. The van der Waals surface area contributed by atoms with Gasteiger partial charge in [0, 0.05) is 40.6 Å². The Hall–Kier alpha value is -3.11. The molecule has 0 atom stereocenters.